The third kappa shape index (κ3) is 4.11. The predicted molar refractivity (Wildman–Crippen MR) is 83.1 cm³/mol. The molecule has 0 fully saturated rings. The minimum atomic E-state index is -0.358. The molecule has 2 aromatic rings. The minimum absolute atomic E-state index is 0.339. The molecule has 0 spiro atoms. The lowest BCUT2D eigenvalue weighted by molar-refractivity contribution is 0.0526. The summed E-state index contributed by atoms with van der Waals surface area (Å²) in [6, 6.07) is 17.2. The SMILES string of the molecule is CCOC(=O)c1ccc(C#N)c(SCc2ccccc2)c1. The second-order valence-corrected chi connectivity index (χ2v) is 5.33. The average Bonchev–Trinajstić information content (AvgIpc) is 2.54. The van der Waals surface area contributed by atoms with Gasteiger partial charge in [-0.3, -0.25) is 0 Å². The first-order valence-corrected chi connectivity index (χ1v) is 7.61. The van der Waals surface area contributed by atoms with Gasteiger partial charge in [-0.2, -0.15) is 5.26 Å². The van der Waals surface area contributed by atoms with Gasteiger partial charge in [0.15, 0.2) is 0 Å². The van der Waals surface area contributed by atoms with Crippen molar-refractivity contribution in [1.82, 2.24) is 0 Å². The van der Waals surface area contributed by atoms with E-state index in [9.17, 15) is 4.79 Å². The van der Waals surface area contributed by atoms with E-state index < -0.39 is 0 Å². The van der Waals surface area contributed by atoms with E-state index in [2.05, 4.69) is 6.07 Å². The zero-order chi connectivity index (χ0) is 15.1. The highest BCUT2D eigenvalue weighted by molar-refractivity contribution is 7.98. The number of nitrogens with zero attached hydrogens (tertiary/aromatic N) is 1. The molecule has 106 valence electrons. The average molecular weight is 297 g/mol. The first-order chi connectivity index (χ1) is 10.2. The van der Waals surface area contributed by atoms with Crippen LogP contribution in [0, 0.1) is 11.3 Å². The molecule has 0 N–H and O–H groups in total. The Kier molecular flexibility index (Phi) is 5.42. The van der Waals surface area contributed by atoms with Crippen molar-refractivity contribution in [2.45, 2.75) is 17.6 Å². The standard InChI is InChI=1S/C17H15NO2S/c1-2-20-17(19)14-8-9-15(11-18)16(10-14)21-12-13-6-4-3-5-7-13/h3-10H,2,12H2,1H3. The van der Waals surface area contributed by atoms with Gasteiger partial charge in [0.2, 0.25) is 0 Å². The Labute approximate surface area is 128 Å². The summed E-state index contributed by atoms with van der Waals surface area (Å²) in [7, 11) is 0. The number of hydrogen-bond donors (Lipinski definition) is 0. The lowest BCUT2D eigenvalue weighted by Crippen LogP contribution is -2.04. The summed E-state index contributed by atoms with van der Waals surface area (Å²) in [6.45, 7) is 2.11. The number of esters is 1. The Balaban J connectivity index is 2.18. The van der Waals surface area contributed by atoms with Crippen LogP contribution >= 0.6 is 11.8 Å². The molecule has 2 aromatic carbocycles. The molecule has 0 amide bonds. The van der Waals surface area contributed by atoms with Crippen LogP contribution in [0.3, 0.4) is 0 Å². The highest BCUT2D eigenvalue weighted by atomic mass is 32.2. The van der Waals surface area contributed by atoms with Crippen molar-refractivity contribution in [3.63, 3.8) is 0 Å². The van der Waals surface area contributed by atoms with E-state index in [1.807, 2.05) is 30.3 Å². The van der Waals surface area contributed by atoms with Crippen LogP contribution in [0.4, 0.5) is 0 Å². The highest BCUT2D eigenvalue weighted by Gasteiger charge is 2.11. The van der Waals surface area contributed by atoms with Crippen LogP contribution in [0.25, 0.3) is 0 Å². The van der Waals surface area contributed by atoms with Crippen molar-refractivity contribution in [3.8, 4) is 6.07 Å². The molecule has 0 aromatic heterocycles. The van der Waals surface area contributed by atoms with Crippen LogP contribution in [0.2, 0.25) is 0 Å². The molecule has 0 atom stereocenters. The molecule has 3 nitrogen and oxygen atoms in total. The smallest absolute Gasteiger partial charge is 0.338 e. The van der Waals surface area contributed by atoms with Gasteiger partial charge >= 0.3 is 5.97 Å². The first-order valence-electron chi connectivity index (χ1n) is 6.62. The maximum atomic E-state index is 11.8. The molecule has 4 heteroatoms. The largest absolute Gasteiger partial charge is 0.462 e. The van der Waals surface area contributed by atoms with Crippen molar-refractivity contribution in [2.75, 3.05) is 6.61 Å². The number of benzene rings is 2. The van der Waals surface area contributed by atoms with Crippen molar-refractivity contribution in [1.29, 1.82) is 5.26 Å². The number of nitriles is 1. The third-order valence-electron chi connectivity index (χ3n) is 2.85. The van der Waals surface area contributed by atoms with E-state index in [1.165, 1.54) is 5.56 Å². The fourth-order valence-electron chi connectivity index (χ4n) is 1.81. The topological polar surface area (TPSA) is 50.1 Å². The summed E-state index contributed by atoms with van der Waals surface area (Å²) >= 11 is 1.54. The number of thioether (sulfide) groups is 1. The van der Waals surface area contributed by atoms with Gasteiger partial charge in [-0.15, -0.1) is 11.8 Å². The summed E-state index contributed by atoms with van der Waals surface area (Å²) in [5, 5.41) is 9.17. The molecule has 2 rings (SSSR count). The summed E-state index contributed by atoms with van der Waals surface area (Å²) in [4.78, 5) is 12.6. The molecule has 0 aliphatic heterocycles. The van der Waals surface area contributed by atoms with E-state index in [0.717, 1.165) is 10.6 Å². The normalized spacial score (nSPS) is 9.90. The van der Waals surface area contributed by atoms with Gasteiger partial charge < -0.3 is 4.74 Å². The maximum Gasteiger partial charge on any atom is 0.338 e. The minimum Gasteiger partial charge on any atom is -0.462 e. The van der Waals surface area contributed by atoms with Gasteiger partial charge in [-0.25, -0.2) is 4.79 Å². The number of carbonyl (C=O) groups excluding carboxylic acids is 1. The molecule has 0 saturated carbocycles. The maximum absolute atomic E-state index is 11.8. The number of carbonyl (C=O) groups is 1. The fraction of sp³-hybridized carbons (Fsp3) is 0.176. The van der Waals surface area contributed by atoms with Crippen LogP contribution in [-0.2, 0) is 10.5 Å². The van der Waals surface area contributed by atoms with Crippen molar-refractivity contribution in [2.24, 2.45) is 0 Å². The molecular formula is C17H15NO2S. The van der Waals surface area contributed by atoms with Crippen LogP contribution in [0.5, 0.6) is 0 Å². The second kappa shape index (κ2) is 7.51. The number of rotatable bonds is 5. The number of hydrogen-bond acceptors (Lipinski definition) is 4. The first kappa shape index (κ1) is 15.1. The summed E-state index contributed by atoms with van der Waals surface area (Å²) in [6.07, 6.45) is 0. The van der Waals surface area contributed by atoms with E-state index in [0.29, 0.717) is 17.7 Å². The Bertz CT molecular complexity index is 662. The molecule has 0 bridgehead atoms. The zero-order valence-electron chi connectivity index (χ0n) is 11.7. The van der Waals surface area contributed by atoms with Gasteiger partial charge in [0.05, 0.1) is 17.7 Å². The second-order valence-electron chi connectivity index (χ2n) is 4.32. The molecule has 0 aliphatic rings. The van der Waals surface area contributed by atoms with E-state index in [4.69, 9.17) is 10.00 Å². The Hall–Kier alpha value is -2.25. The quantitative estimate of drug-likeness (QED) is 0.617. The van der Waals surface area contributed by atoms with Gasteiger partial charge in [0.1, 0.15) is 6.07 Å². The fourth-order valence-corrected chi connectivity index (χ4v) is 2.80. The Morgan fingerprint density at radius 3 is 2.67 bits per heavy atom. The van der Waals surface area contributed by atoms with Crippen molar-refractivity contribution in [3.05, 3.63) is 65.2 Å². The van der Waals surface area contributed by atoms with E-state index >= 15 is 0 Å². The monoisotopic (exact) mass is 297 g/mol. The van der Waals surface area contributed by atoms with Crippen molar-refractivity contribution >= 4 is 17.7 Å². The van der Waals surface area contributed by atoms with E-state index in [1.54, 1.807) is 36.9 Å². The summed E-state index contributed by atoms with van der Waals surface area (Å²) in [5.74, 6) is 0.394. The van der Waals surface area contributed by atoms with Crippen LogP contribution < -0.4 is 0 Å². The van der Waals surface area contributed by atoms with E-state index in [-0.39, 0.29) is 5.97 Å². The molecule has 0 aliphatic carbocycles. The molecule has 0 radical (unpaired) electrons. The van der Waals surface area contributed by atoms with Gasteiger partial charge in [0.25, 0.3) is 0 Å². The lowest BCUT2D eigenvalue weighted by Gasteiger charge is -2.07. The predicted octanol–water partition coefficient (Wildman–Crippen LogP) is 4.03. The zero-order valence-corrected chi connectivity index (χ0v) is 12.5. The molecule has 0 heterocycles. The number of ether oxygens (including phenoxy) is 1. The van der Waals surface area contributed by atoms with Crippen LogP contribution in [0.1, 0.15) is 28.4 Å². The molecular weight excluding hydrogens is 282 g/mol. The van der Waals surface area contributed by atoms with Crippen molar-refractivity contribution < 1.29 is 9.53 Å². The lowest BCUT2D eigenvalue weighted by atomic mass is 10.1. The summed E-state index contributed by atoms with van der Waals surface area (Å²) < 4.78 is 4.99. The van der Waals surface area contributed by atoms with Crippen LogP contribution in [-0.4, -0.2) is 12.6 Å². The molecule has 0 saturated heterocycles. The molecule has 0 unspecified atom stereocenters. The van der Waals surface area contributed by atoms with Crippen LogP contribution in [0.15, 0.2) is 53.4 Å². The molecule has 21 heavy (non-hydrogen) atoms. The Morgan fingerprint density at radius 1 is 1.24 bits per heavy atom. The summed E-state index contributed by atoms with van der Waals surface area (Å²) in [5.41, 5.74) is 2.23. The Morgan fingerprint density at radius 2 is 2.00 bits per heavy atom. The van der Waals surface area contributed by atoms with Gasteiger partial charge in [-0.1, -0.05) is 30.3 Å². The highest BCUT2D eigenvalue weighted by Crippen LogP contribution is 2.27. The van der Waals surface area contributed by atoms with Gasteiger partial charge in [-0.05, 0) is 30.7 Å². The van der Waals surface area contributed by atoms with Gasteiger partial charge in [0, 0.05) is 10.6 Å². The third-order valence-corrected chi connectivity index (χ3v) is 3.98.